The van der Waals surface area contributed by atoms with Crippen LogP contribution in [0.25, 0.3) is 0 Å². The average Bonchev–Trinajstić information content (AvgIpc) is 3.04. The monoisotopic (exact) mass is 292 g/mol. The van der Waals surface area contributed by atoms with E-state index in [2.05, 4.69) is 38.4 Å². The summed E-state index contributed by atoms with van der Waals surface area (Å²) in [4.78, 5) is 4.99. The molecule has 0 spiro atoms. The standard InChI is InChI=1S/C17H28N2S/c1-12(2)14-11-20-15(18-14)17(19-13-5-6-13)9-7-16(3,4)8-10-17/h11-13,19H,5-10H2,1-4H3. The Kier molecular flexibility index (Phi) is 3.70. The molecule has 1 aromatic rings. The molecular weight excluding hydrogens is 264 g/mol. The molecule has 0 aromatic carbocycles. The van der Waals surface area contributed by atoms with Gasteiger partial charge < -0.3 is 5.32 Å². The molecule has 0 bridgehead atoms. The molecule has 1 N–H and O–H groups in total. The van der Waals surface area contributed by atoms with Gasteiger partial charge in [0.2, 0.25) is 0 Å². The minimum Gasteiger partial charge on any atom is -0.303 e. The first-order chi connectivity index (χ1) is 9.40. The zero-order valence-corrected chi connectivity index (χ0v) is 14.1. The summed E-state index contributed by atoms with van der Waals surface area (Å²) in [5.74, 6) is 0.540. The van der Waals surface area contributed by atoms with Crippen molar-refractivity contribution in [2.75, 3.05) is 0 Å². The lowest BCUT2D eigenvalue weighted by molar-refractivity contribution is 0.132. The number of thiazole rings is 1. The van der Waals surface area contributed by atoms with Crippen molar-refractivity contribution < 1.29 is 0 Å². The van der Waals surface area contributed by atoms with E-state index in [0.29, 0.717) is 11.3 Å². The van der Waals surface area contributed by atoms with Crippen LogP contribution in [-0.2, 0) is 5.54 Å². The second-order valence-electron chi connectivity index (χ2n) is 7.90. The Balaban J connectivity index is 1.85. The van der Waals surface area contributed by atoms with Gasteiger partial charge in [-0.1, -0.05) is 27.7 Å². The van der Waals surface area contributed by atoms with Gasteiger partial charge in [0, 0.05) is 11.4 Å². The topological polar surface area (TPSA) is 24.9 Å². The summed E-state index contributed by atoms with van der Waals surface area (Å²) < 4.78 is 0. The first-order valence-electron chi connectivity index (χ1n) is 8.14. The van der Waals surface area contributed by atoms with E-state index >= 15 is 0 Å². The maximum atomic E-state index is 4.99. The van der Waals surface area contributed by atoms with Crippen molar-refractivity contribution in [1.29, 1.82) is 0 Å². The van der Waals surface area contributed by atoms with Gasteiger partial charge in [0.25, 0.3) is 0 Å². The third kappa shape index (κ3) is 2.94. The fourth-order valence-electron chi connectivity index (χ4n) is 3.16. The van der Waals surface area contributed by atoms with E-state index in [1.165, 1.54) is 49.2 Å². The number of aromatic nitrogens is 1. The molecule has 2 fully saturated rings. The Morgan fingerprint density at radius 1 is 1.20 bits per heavy atom. The molecule has 20 heavy (non-hydrogen) atoms. The van der Waals surface area contributed by atoms with E-state index in [0.717, 1.165) is 6.04 Å². The zero-order valence-electron chi connectivity index (χ0n) is 13.3. The molecule has 3 rings (SSSR count). The second kappa shape index (κ2) is 5.10. The van der Waals surface area contributed by atoms with Gasteiger partial charge in [-0.15, -0.1) is 11.3 Å². The summed E-state index contributed by atoms with van der Waals surface area (Å²) in [6.45, 7) is 9.30. The zero-order chi connectivity index (χ0) is 14.4. The number of nitrogens with zero attached hydrogens (tertiary/aromatic N) is 1. The minimum atomic E-state index is 0.175. The molecule has 0 amide bonds. The van der Waals surface area contributed by atoms with Crippen LogP contribution in [0.1, 0.15) is 82.8 Å². The van der Waals surface area contributed by atoms with Gasteiger partial charge in [0.1, 0.15) is 5.01 Å². The first-order valence-corrected chi connectivity index (χ1v) is 9.02. The molecule has 2 aliphatic rings. The lowest BCUT2D eigenvalue weighted by Gasteiger charge is -2.43. The molecule has 3 heteroatoms. The molecule has 112 valence electrons. The predicted molar refractivity (Wildman–Crippen MR) is 86.3 cm³/mol. The van der Waals surface area contributed by atoms with Crippen LogP contribution < -0.4 is 5.32 Å². The van der Waals surface area contributed by atoms with Gasteiger partial charge >= 0.3 is 0 Å². The number of rotatable bonds is 4. The van der Waals surface area contributed by atoms with E-state index in [1.54, 1.807) is 0 Å². The van der Waals surface area contributed by atoms with E-state index in [-0.39, 0.29) is 5.54 Å². The highest BCUT2D eigenvalue weighted by atomic mass is 32.1. The van der Waals surface area contributed by atoms with Crippen LogP contribution >= 0.6 is 11.3 Å². The van der Waals surface area contributed by atoms with Gasteiger partial charge in [-0.25, -0.2) is 4.98 Å². The van der Waals surface area contributed by atoms with Crippen LogP contribution in [0.3, 0.4) is 0 Å². The Bertz CT molecular complexity index is 461. The molecule has 1 aromatic heterocycles. The highest BCUT2D eigenvalue weighted by molar-refractivity contribution is 7.09. The molecular formula is C17H28N2S. The fourth-order valence-corrected chi connectivity index (χ4v) is 4.37. The van der Waals surface area contributed by atoms with Crippen LogP contribution in [-0.4, -0.2) is 11.0 Å². The van der Waals surface area contributed by atoms with Gasteiger partial charge in [0.15, 0.2) is 0 Å². The summed E-state index contributed by atoms with van der Waals surface area (Å²) in [6.07, 6.45) is 7.83. The van der Waals surface area contributed by atoms with Crippen molar-refractivity contribution in [3.63, 3.8) is 0 Å². The van der Waals surface area contributed by atoms with Gasteiger partial charge in [0.05, 0.1) is 11.2 Å². The van der Waals surface area contributed by atoms with Crippen molar-refractivity contribution in [2.24, 2.45) is 5.41 Å². The van der Waals surface area contributed by atoms with E-state index in [9.17, 15) is 0 Å². The van der Waals surface area contributed by atoms with Crippen LogP contribution in [0.2, 0.25) is 0 Å². The smallest absolute Gasteiger partial charge is 0.113 e. The minimum absolute atomic E-state index is 0.175. The third-order valence-corrected chi connectivity index (χ3v) is 6.10. The summed E-state index contributed by atoms with van der Waals surface area (Å²) in [5.41, 5.74) is 1.95. The quantitative estimate of drug-likeness (QED) is 0.861. The maximum Gasteiger partial charge on any atom is 0.113 e. The van der Waals surface area contributed by atoms with E-state index in [1.807, 2.05) is 11.3 Å². The van der Waals surface area contributed by atoms with Crippen LogP contribution in [0.4, 0.5) is 0 Å². The van der Waals surface area contributed by atoms with Gasteiger partial charge in [-0.3, -0.25) is 0 Å². The van der Waals surface area contributed by atoms with Crippen LogP contribution in [0.15, 0.2) is 5.38 Å². The van der Waals surface area contributed by atoms with E-state index in [4.69, 9.17) is 4.98 Å². The average molecular weight is 292 g/mol. The summed E-state index contributed by atoms with van der Waals surface area (Å²) in [6, 6.07) is 0.752. The molecule has 0 saturated heterocycles. The van der Waals surface area contributed by atoms with Crippen molar-refractivity contribution in [2.45, 2.75) is 83.7 Å². The van der Waals surface area contributed by atoms with Crippen molar-refractivity contribution in [1.82, 2.24) is 10.3 Å². The Labute approximate surface area is 127 Å². The third-order valence-electron chi connectivity index (χ3n) is 5.04. The van der Waals surface area contributed by atoms with Crippen molar-refractivity contribution in [3.05, 3.63) is 16.1 Å². The Morgan fingerprint density at radius 3 is 2.35 bits per heavy atom. The van der Waals surface area contributed by atoms with Crippen molar-refractivity contribution in [3.8, 4) is 0 Å². The molecule has 2 saturated carbocycles. The molecule has 2 nitrogen and oxygen atoms in total. The number of nitrogens with one attached hydrogen (secondary N) is 1. The fraction of sp³-hybridized carbons (Fsp3) is 0.824. The first kappa shape index (κ1) is 14.5. The van der Waals surface area contributed by atoms with Gasteiger partial charge in [-0.2, -0.15) is 0 Å². The van der Waals surface area contributed by atoms with Crippen molar-refractivity contribution >= 4 is 11.3 Å². The molecule has 0 radical (unpaired) electrons. The SMILES string of the molecule is CC(C)c1csc(C2(NC3CC3)CCC(C)(C)CC2)n1. The summed E-state index contributed by atoms with van der Waals surface area (Å²) >= 11 is 1.88. The molecule has 0 aliphatic heterocycles. The normalized spacial score (nSPS) is 25.1. The van der Waals surface area contributed by atoms with Crippen LogP contribution in [0, 0.1) is 5.41 Å². The number of hydrogen-bond donors (Lipinski definition) is 1. The molecule has 0 unspecified atom stereocenters. The van der Waals surface area contributed by atoms with Gasteiger partial charge in [-0.05, 0) is 49.9 Å². The summed E-state index contributed by atoms with van der Waals surface area (Å²) in [5, 5.41) is 7.58. The Hall–Kier alpha value is -0.410. The largest absolute Gasteiger partial charge is 0.303 e. The van der Waals surface area contributed by atoms with E-state index < -0.39 is 0 Å². The second-order valence-corrected chi connectivity index (χ2v) is 8.76. The highest BCUT2D eigenvalue weighted by Gasteiger charge is 2.44. The molecule has 1 heterocycles. The molecule has 2 aliphatic carbocycles. The number of hydrogen-bond acceptors (Lipinski definition) is 3. The highest BCUT2D eigenvalue weighted by Crippen LogP contribution is 2.47. The lowest BCUT2D eigenvalue weighted by Crippen LogP contribution is -2.47. The Morgan fingerprint density at radius 2 is 1.85 bits per heavy atom. The summed E-state index contributed by atoms with van der Waals surface area (Å²) in [7, 11) is 0. The lowest BCUT2D eigenvalue weighted by atomic mass is 9.69. The van der Waals surface area contributed by atoms with Crippen LogP contribution in [0.5, 0.6) is 0 Å². The predicted octanol–water partition coefficient (Wildman–Crippen LogP) is 4.81. The molecule has 0 atom stereocenters. The maximum absolute atomic E-state index is 4.99.